The van der Waals surface area contributed by atoms with Crippen molar-refractivity contribution in [3.05, 3.63) is 33.6 Å². The van der Waals surface area contributed by atoms with Crippen molar-refractivity contribution in [2.75, 3.05) is 32.9 Å². The molecule has 1 aromatic heterocycles. The smallest absolute Gasteiger partial charge is 0.279 e. The van der Waals surface area contributed by atoms with E-state index in [1.165, 1.54) is 33.1 Å². The van der Waals surface area contributed by atoms with Gasteiger partial charge in [-0.25, -0.2) is 0 Å². The Kier molecular flexibility index (Phi) is 5.31. The second-order valence-electron chi connectivity index (χ2n) is 5.98. The SMILES string of the molecule is COc1cc(OC)c([C@@H]2CC(=O)Nc3c2c(=O)nc(SC)n3C)cc1OC. The number of nitrogens with zero attached hydrogens (tertiary/aromatic N) is 2. The first-order valence-electron chi connectivity index (χ1n) is 8.19. The van der Waals surface area contributed by atoms with E-state index in [-0.39, 0.29) is 17.9 Å². The number of hydrogen-bond acceptors (Lipinski definition) is 7. The molecule has 0 radical (unpaired) electrons. The second kappa shape index (κ2) is 7.51. The summed E-state index contributed by atoms with van der Waals surface area (Å²) in [4.78, 5) is 29.3. The molecule has 0 unspecified atom stereocenters. The number of benzene rings is 1. The predicted molar refractivity (Wildman–Crippen MR) is 102 cm³/mol. The minimum Gasteiger partial charge on any atom is -0.496 e. The van der Waals surface area contributed by atoms with Crippen molar-refractivity contribution in [2.24, 2.45) is 7.05 Å². The van der Waals surface area contributed by atoms with Gasteiger partial charge in [0.1, 0.15) is 11.6 Å². The number of carbonyl (C=O) groups excluding carboxylic acids is 1. The minimum atomic E-state index is -0.509. The maximum absolute atomic E-state index is 12.8. The maximum atomic E-state index is 12.8. The van der Waals surface area contributed by atoms with Crippen LogP contribution in [0.5, 0.6) is 17.2 Å². The first-order valence-corrected chi connectivity index (χ1v) is 9.42. The molecule has 27 heavy (non-hydrogen) atoms. The van der Waals surface area contributed by atoms with Gasteiger partial charge in [0.05, 0.1) is 26.9 Å². The van der Waals surface area contributed by atoms with Gasteiger partial charge in [0.2, 0.25) is 5.91 Å². The van der Waals surface area contributed by atoms with Crippen LogP contribution in [0.2, 0.25) is 0 Å². The van der Waals surface area contributed by atoms with E-state index in [1.807, 2.05) is 6.26 Å². The molecule has 1 aliphatic rings. The summed E-state index contributed by atoms with van der Waals surface area (Å²) >= 11 is 1.34. The van der Waals surface area contributed by atoms with Crippen molar-refractivity contribution in [1.29, 1.82) is 0 Å². The lowest BCUT2D eigenvalue weighted by molar-refractivity contribution is -0.116. The number of ether oxygens (including phenoxy) is 3. The van der Waals surface area contributed by atoms with E-state index in [9.17, 15) is 9.59 Å². The van der Waals surface area contributed by atoms with Crippen molar-refractivity contribution in [2.45, 2.75) is 17.5 Å². The standard InChI is InChI=1S/C18H21N3O5S/c1-21-16-15(17(23)20-18(21)27-5)10(7-14(22)19-16)9-6-12(25-3)13(26-4)8-11(9)24-2/h6,8,10H,7H2,1-5H3,(H,19,22)/t10-/m0/s1. The summed E-state index contributed by atoms with van der Waals surface area (Å²) in [7, 11) is 6.36. The molecule has 3 rings (SSSR count). The van der Waals surface area contributed by atoms with Gasteiger partial charge in [-0.3, -0.25) is 9.59 Å². The zero-order chi connectivity index (χ0) is 19.7. The molecule has 1 N–H and O–H groups in total. The summed E-state index contributed by atoms with van der Waals surface area (Å²) in [6.45, 7) is 0. The number of anilines is 1. The van der Waals surface area contributed by atoms with Crippen LogP contribution in [-0.4, -0.2) is 43.0 Å². The molecule has 0 aliphatic carbocycles. The highest BCUT2D eigenvalue weighted by Crippen LogP contribution is 2.44. The van der Waals surface area contributed by atoms with Gasteiger partial charge in [0.15, 0.2) is 16.7 Å². The van der Waals surface area contributed by atoms with Crippen LogP contribution in [0.15, 0.2) is 22.1 Å². The molecule has 1 aliphatic heterocycles. The lowest BCUT2D eigenvalue weighted by atomic mass is 9.86. The van der Waals surface area contributed by atoms with Crippen LogP contribution in [0.1, 0.15) is 23.5 Å². The van der Waals surface area contributed by atoms with E-state index in [4.69, 9.17) is 14.2 Å². The summed E-state index contributed by atoms with van der Waals surface area (Å²) in [6, 6.07) is 3.43. The van der Waals surface area contributed by atoms with Crippen LogP contribution in [0, 0.1) is 0 Å². The van der Waals surface area contributed by atoms with Gasteiger partial charge in [-0.05, 0) is 12.3 Å². The molecule has 0 bridgehead atoms. The van der Waals surface area contributed by atoms with E-state index in [2.05, 4.69) is 10.3 Å². The Hall–Kier alpha value is -2.68. The zero-order valence-corrected chi connectivity index (χ0v) is 16.6. The summed E-state index contributed by atoms with van der Waals surface area (Å²) in [5, 5.41) is 3.33. The normalized spacial score (nSPS) is 15.7. The summed E-state index contributed by atoms with van der Waals surface area (Å²) in [6.07, 6.45) is 1.93. The third-order valence-corrected chi connectivity index (χ3v) is 5.33. The van der Waals surface area contributed by atoms with E-state index >= 15 is 0 Å². The zero-order valence-electron chi connectivity index (χ0n) is 15.8. The third-order valence-electron chi connectivity index (χ3n) is 4.59. The number of fused-ring (bicyclic) bond motifs is 1. The van der Waals surface area contributed by atoms with Crippen molar-refractivity contribution in [3.63, 3.8) is 0 Å². The van der Waals surface area contributed by atoms with Crippen LogP contribution in [0.3, 0.4) is 0 Å². The summed E-state index contributed by atoms with van der Waals surface area (Å²) < 4.78 is 17.9. The Balaban J connectivity index is 2.27. The van der Waals surface area contributed by atoms with E-state index in [1.54, 1.807) is 23.7 Å². The Morgan fingerprint density at radius 2 is 1.74 bits per heavy atom. The second-order valence-corrected chi connectivity index (χ2v) is 6.75. The van der Waals surface area contributed by atoms with Crippen molar-refractivity contribution >= 4 is 23.5 Å². The monoisotopic (exact) mass is 391 g/mol. The van der Waals surface area contributed by atoms with Gasteiger partial charge in [-0.15, -0.1) is 0 Å². The van der Waals surface area contributed by atoms with Crippen molar-refractivity contribution in [3.8, 4) is 17.2 Å². The number of carbonyl (C=O) groups is 1. The highest BCUT2D eigenvalue weighted by molar-refractivity contribution is 7.98. The number of nitrogens with one attached hydrogen (secondary N) is 1. The molecule has 0 saturated heterocycles. The van der Waals surface area contributed by atoms with Gasteiger partial charge < -0.3 is 24.1 Å². The fourth-order valence-corrected chi connectivity index (χ4v) is 3.85. The Morgan fingerprint density at radius 1 is 1.11 bits per heavy atom. The molecule has 1 atom stereocenters. The summed E-state index contributed by atoms with van der Waals surface area (Å²) in [5.41, 5.74) is 0.733. The number of thioether (sulfide) groups is 1. The fraction of sp³-hybridized carbons (Fsp3) is 0.389. The van der Waals surface area contributed by atoms with Gasteiger partial charge in [-0.1, -0.05) is 11.8 Å². The molecule has 0 spiro atoms. The quantitative estimate of drug-likeness (QED) is 0.616. The predicted octanol–water partition coefficient (Wildman–Crippen LogP) is 2.00. The number of aromatic nitrogens is 2. The van der Waals surface area contributed by atoms with Crippen LogP contribution in [0.25, 0.3) is 0 Å². The maximum Gasteiger partial charge on any atom is 0.279 e. The van der Waals surface area contributed by atoms with Crippen molar-refractivity contribution < 1.29 is 19.0 Å². The molecule has 8 nitrogen and oxygen atoms in total. The van der Waals surface area contributed by atoms with Gasteiger partial charge >= 0.3 is 0 Å². The number of amides is 1. The van der Waals surface area contributed by atoms with E-state index in [0.29, 0.717) is 39.3 Å². The average molecular weight is 391 g/mol. The highest BCUT2D eigenvalue weighted by atomic mass is 32.2. The first-order chi connectivity index (χ1) is 12.9. The van der Waals surface area contributed by atoms with Gasteiger partial charge in [0.25, 0.3) is 5.56 Å². The Labute approximate surface area is 160 Å². The van der Waals surface area contributed by atoms with Crippen LogP contribution >= 0.6 is 11.8 Å². The van der Waals surface area contributed by atoms with E-state index in [0.717, 1.165) is 0 Å². The van der Waals surface area contributed by atoms with Crippen LogP contribution in [0.4, 0.5) is 5.82 Å². The lowest BCUT2D eigenvalue weighted by Crippen LogP contribution is -2.33. The molecule has 0 fully saturated rings. The molecular weight excluding hydrogens is 370 g/mol. The summed E-state index contributed by atoms with van der Waals surface area (Å²) in [5.74, 6) is 1.27. The largest absolute Gasteiger partial charge is 0.496 e. The number of rotatable bonds is 5. The molecule has 1 aromatic carbocycles. The molecule has 1 amide bonds. The average Bonchev–Trinajstić information content (AvgIpc) is 2.68. The van der Waals surface area contributed by atoms with Crippen LogP contribution < -0.4 is 25.1 Å². The Bertz CT molecular complexity index is 957. The van der Waals surface area contributed by atoms with Gasteiger partial charge in [-0.2, -0.15) is 4.98 Å². The van der Waals surface area contributed by atoms with Gasteiger partial charge in [0, 0.05) is 31.0 Å². The third kappa shape index (κ3) is 3.23. The molecular formula is C18H21N3O5S. The number of hydrogen-bond donors (Lipinski definition) is 1. The lowest BCUT2D eigenvalue weighted by Gasteiger charge is -2.28. The Morgan fingerprint density at radius 3 is 2.33 bits per heavy atom. The van der Waals surface area contributed by atoms with E-state index < -0.39 is 5.92 Å². The fourth-order valence-electron chi connectivity index (χ4n) is 3.31. The van der Waals surface area contributed by atoms with Crippen molar-refractivity contribution in [1.82, 2.24) is 9.55 Å². The van der Waals surface area contributed by atoms with Crippen LogP contribution in [-0.2, 0) is 11.8 Å². The molecule has 0 saturated carbocycles. The number of methoxy groups -OCH3 is 3. The minimum absolute atomic E-state index is 0.106. The molecule has 9 heteroatoms. The molecule has 144 valence electrons. The topological polar surface area (TPSA) is 91.7 Å². The first kappa shape index (κ1) is 19.1. The molecule has 2 heterocycles. The molecule has 2 aromatic rings. The highest BCUT2D eigenvalue weighted by Gasteiger charge is 2.34.